The van der Waals surface area contributed by atoms with Gasteiger partial charge in [-0.3, -0.25) is 0 Å². The van der Waals surface area contributed by atoms with Gasteiger partial charge in [-0.2, -0.15) is 0 Å². The summed E-state index contributed by atoms with van der Waals surface area (Å²) in [5.41, 5.74) is 0. The van der Waals surface area contributed by atoms with E-state index in [1.165, 1.54) is 25.2 Å². The molecule has 70 valence electrons. The van der Waals surface area contributed by atoms with E-state index in [9.17, 15) is 4.79 Å². The van der Waals surface area contributed by atoms with Crippen LogP contribution in [0, 0.1) is 0 Å². The fourth-order valence-corrected chi connectivity index (χ4v) is 5.00. The number of esters is 1. The van der Waals surface area contributed by atoms with Crippen LogP contribution in [0.1, 0.15) is 19.8 Å². The fraction of sp³-hybridized carbons (Fsp3) is 0.889. The first-order valence-corrected chi connectivity index (χ1v) is 7.45. The van der Waals surface area contributed by atoms with Gasteiger partial charge in [0.1, 0.15) is 0 Å². The molecule has 0 spiro atoms. The summed E-state index contributed by atoms with van der Waals surface area (Å²) < 4.78 is 4.96. The summed E-state index contributed by atoms with van der Waals surface area (Å²) in [6, 6.07) is 0. The summed E-state index contributed by atoms with van der Waals surface area (Å²) in [6.45, 7) is 4.70. The van der Waals surface area contributed by atoms with Gasteiger partial charge in [0.25, 0.3) is 0 Å². The van der Waals surface area contributed by atoms with Gasteiger partial charge in [-0.05, 0) is 19.8 Å². The number of hydrogen-bond acceptors (Lipinski definition) is 2. The third-order valence-electron chi connectivity index (χ3n) is 2.46. The van der Waals surface area contributed by atoms with Crippen LogP contribution in [0.25, 0.3) is 0 Å². The maximum absolute atomic E-state index is 11.2. The molecular weight excluding hydrogens is 171 g/mol. The van der Waals surface area contributed by atoms with Gasteiger partial charge in [0.2, 0.25) is 0 Å². The van der Waals surface area contributed by atoms with Crippen LogP contribution < -0.4 is 0 Å². The SMILES string of the molecule is CCOC(=O)C[P+]1(C)CCCC1. The van der Waals surface area contributed by atoms with Crippen molar-refractivity contribution in [3.63, 3.8) is 0 Å². The molecule has 0 saturated carbocycles. The van der Waals surface area contributed by atoms with Crippen molar-refractivity contribution >= 4 is 13.2 Å². The Kier molecular flexibility index (Phi) is 3.52. The number of rotatable bonds is 3. The highest BCUT2D eigenvalue weighted by molar-refractivity contribution is 7.76. The van der Waals surface area contributed by atoms with Crippen molar-refractivity contribution in [2.24, 2.45) is 0 Å². The van der Waals surface area contributed by atoms with Gasteiger partial charge in [-0.25, -0.2) is 4.79 Å². The van der Waals surface area contributed by atoms with Crippen LogP contribution in [0.4, 0.5) is 0 Å². The predicted octanol–water partition coefficient (Wildman–Crippen LogP) is 1.99. The molecule has 0 aromatic heterocycles. The zero-order valence-electron chi connectivity index (χ0n) is 8.01. The lowest BCUT2D eigenvalue weighted by Gasteiger charge is -2.14. The van der Waals surface area contributed by atoms with Gasteiger partial charge in [-0.1, -0.05) is 0 Å². The Bertz CT molecular complexity index is 162. The van der Waals surface area contributed by atoms with E-state index in [2.05, 4.69) is 6.66 Å². The monoisotopic (exact) mass is 189 g/mol. The van der Waals surface area contributed by atoms with Gasteiger partial charge in [-0.15, -0.1) is 0 Å². The fourth-order valence-electron chi connectivity index (χ4n) is 1.78. The molecule has 1 saturated heterocycles. The molecule has 0 bridgehead atoms. The Morgan fingerprint density at radius 2 is 2.00 bits per heavy atom. The molecule has 0 amide bonds. The van der Waals surface area contributed by atoms with Crippen molar-refractivity contribution in [3.05, 3.63) is 0 Å². The number of carbonyl (C=O) groups is 1. The summed E-state index contributed by atoms with van der Waals surface area (Å²) in [6.07, 6.45) is 5.96. The van der Waals surface area contributed by atoms with Gasteiger partial charge in [0, 0.05) is 13.9 Å². The summed E-state index contributed by atoms with van der Waals surface area (Å²) in [4.78, 5) is 11.2. The van der Waals surface area contributed by atoms with Crippen molar-refractivity contribution in [1.82, 2.24) is 0 Å². The van der Waals surface area contributed by atoms with Crippen LogP contribution >= 0.6 is 7.26 Å². The maximum Gasteiger partial charge on any atom is 0.343 e. The molecule has 0 aromatic carbocycles. The van der Waals surface area contributed by atoms with Gasteiger partial charge in [0.15, 0.2) is 6.16 Å². The second-order valence-electron chi connectivity index (χ2n) is 3.74. The highest BCUT2D eigenvalue weighted by Crippen LogP contribution is 2.60. The normalized spacial score (nSPS) is 20.8. The van der Waals surface area contributed by atoms with E-state index in [1.807, 2.05) is 6.92 Å². The summed E-state index contributed by atoms with van der Waals surface area (Å²) in [5, 5.41) is 0. The van der Waals surface area contributed by atoms with Crippen molar-refractivity contribution in [1.29, 1.82) is 0 Å². The lowest BCUT2D eigenvalue weighted by atomic mass is 10.4. The van der Waals surface area contributed by atoms with Crippen LogP contribution in [0.5, 0.6) is 0 Å². The van der Waals surface area contributed by atoms with Crippen LogP contribution in [0.15, 0.2) is 0 Å². The minimum atomic E-state index is -0.880. The second-order valence-corrected chi connectivity index (χ2v) is 8.19. The lowest BCUT2D eigenvalue weighted by molar-refractivity contribution is -0.139. The first-order chi connectivity index (χ1) is 5.66. The molecule has 1 rings (SSSR count). The summed E-state index contributed by atoms with van der Waals surface area (Å²) >= 11 is 0. The van der Waals surface area contributed by atoms with E-state index < -0.39 is 7.26 Å². The van der Waals surface area contributed by atoms with Crippen LogP contribution in [-0.2, 0) is 9.53 Å². The van der Waals surface area contributed by atoms with E-state index in [0.717, 1.165) is 6.16 Å². The summed E-state index contributed by atoms with van der Waals surface area (Å²) in [7, 11) is -0.880. The second kappa shape index (κ2) is 4.23. The standard InChI is InChI=1S/C9H18O2P/c1-3-11-9(10)8-12(2)6-4-5-7-12/h3-8H2,1-2H3/q+1. The Labute approximate surface area is 75.0 Å². The molecule has 1 fully saturated rings. The van der Waals surface area contributed by atoms with Crippen LogP contribution in [-0.4, -0.2) is 37.7 Å². The van der Waals surface area contributed by atoms with Gasteiger partial charge < -0.3 is 4.74 Å². The Morgan fingerprint density at radius 1 is 1.42 bits per heavy atom. The first kappa shape index (κ1) is 9.98. The largest absolute Gasteiger partial charge is 0.463 e. The molecule has 0 radical (unpaired) electrons. The predicted molar refractivity (Wildman–Crippen MR) is 53.3 cm³/mol. The smallest absolute Gasteiger partial charge is 0.343 e. The minimum Gasteiger partial charge on any atom is -0.463 e. The maximum atomic E-state index is 11.2. The third-order valence-corrected chi connectivity index (χ3v) is 6.28. The Hall–Kier alpha value is -0.100. The lowest BCUT2D eigenvalue weighted by Crippen LogP contribution is -2.13. The van der Waals surface area contributed by atoms with E-state index in [-0.39, 0.29) is 5.97 Å². The highest BCUT2D eigenvalue weighted by atomic mass is 31.2. The Balaban J connectivity index is 2.33. The zero-order valence-corrected chi connectivity index (χ0v) is 8.90. The van der Waals surface area contributed by atoms with E-state index in [4.69, 9.17) is 4.74 Å². The topological polar surface area (TPSA) is 26.3 Å². The Morgan fingerprint density at radius 3 is 2.50 bits per heavy atom. The molecule has 0 N–H and O–H groups in total. The minimum absolute atomic E-state index is 0.0234. The average molecular weight is 189 g/mol. The van der Waals surface area contributed by atoms with E-state index in [1.54, 1.807) is 0 Å². The van der Waals surface area contributed by atoms with E-state index in [0.29, 0.717) is 6.61 Å². The van der Waals surface area contributed by atoms with Gasteiger partial charge >= 0.3 is 5.97 Å². The van der Waals surface area contributed by atoms with Crippen LogP contribution in [0.2, 0.25) is 0 Å². The molecular formula is C9H18O2P+. The highest BCUT2D eigenvalue weighted by Gasteiger charge is 2.38. The van der Waals surface area contributed by atoms with E-state index >= 15 is 0 Å². The van der Waals surface area contributed by atoms with Crippen molar-refractivity contribution in [2.75, 3.05) is 31.8 Å². The molecule has 0 atom stereocenters. The molecule has 12 heavy (non-hydrogen) atoms. The van der Waals surface area contributed by atoms with Crippen molar-refractivity contribution < 1.29 is 9.53 Å². The molecule has 1 aliphatic heterocycles. The number of hydrogen-bond donors (Lipinski definition) is 0. The zero-order chi connectivity index (χ0) is 9.03. The molecule has 1 aliphatic rings. The molecule has 2 nitrogen and oxygen atoms in total. The average Bonchev–Trinajstić information content (AvgIpc) is 2.36. The molecule has 0 aliphatic carbocycles. The number of ether oxygens (including phenoxy) is 1. The third kappa shape index (κ3) is 2.75. The quantitative estimate of drug-likeness (QED) is 0.501. The van der Waals surface area contributed by atoms with Crippen molar-refractivity contribution in [2.45, 2.75) is 19.8 Å². The number of carbonyl (C=O) groups excluding carboxylic acids is 1. The van der Waals surface area contributed by atoms with Crippen LogP contribution in [0.3, 0.4) is 0 Å². The summed E-state index contributed by atoms with van der Waals surface area (Å²) in [5.74, 6) is 0.0234. The molecule has 3 heteroatoms. The first-order valence-electron chi connectivity index (χ1n) is 4.65. The molecule has 0 aromatic rings. The van der Waals surface area contributed by atoms with Gasteiger partial charge in [0.05, 0.1) is 18.9 Å². The molecule has 1 heterocycles. The van der Waals surface area contributed by atoms with Crippen molar-refractivity contribution in [3.8, 4) is 0 Å². The molecule has 0 unspecified atom stereocenters.